The van der Waals surface area contributed by atoms with Crippen molar-refractivity contribution in [1.29, 1.82) is 0 Å². The van der Waals surface area contributed by atoms with Gasteiger partial charge < -0.3 is 28.1 Å². The fourth-order valence-electron chi connectivity index (χ4n) is 7.91. The van der Waals surface area contributed by atoms with E-state index in [1.807, 2.05) is 30.3 Å². The van der Waals surface area contributed by atoms with Crippen LogP contribution >= 0.6 is 0 Å². The van der Waals surface area contributed by atoms with Crippen molar-refractivity contribution in [1.82, 2.24) is 0 Å². The van der Waals surface area contributed by atoms with E-state index >= 15 is 0 Å². The number of ether oxygens (including phenoxy) is 5. The van der Waals surface area contributed by atoms with Gasteiger partial charge in [0, 0.05) is 45.5 Å². The molecule has 0 radical (unpaired) electrons. The fraction of sp³-hybridized carbons (Fsp3) is 0.667. The van der Waals surface area contributed by atoms with Gasteiger partial charge in [0.05, 0.1) is 12.7 Å². The van der Waals surface area contributed by atoms with Crippen molar-refractivity contribution in [3.8, 4) is 0 Å². The fourth-order valence-corrected chi connectivity index (χ4v) is 13.4. The van der Waals surface area contributed by atoms with Crippen LogP contribution in [0.15, 0.2) is 42.2 Å². The highest BCUT2D eigenvalue weighted by Gasteiger charge is 2.69. The number of carbonyl (C=O) groups excluding carboxylic acids is 3. The third-order valence-corrected chi connectivity index (χ3v) is 15.9. The smallest absolute Gasteiger partial charge is 0.321 e. The van der Waals surface area contributed by atoms with Crippen molar-refractivity contribution in [2.45, 2.75) is 102 Å². The van der Waals surface area contributed by atoms with Crippen LogP contribution in [0.2, 0.25) is 16.6 Å². The molecule has 3 aliphatic rings. The zero-order valence-corrected chi connectivity index (χ0v) is 27.8. The summed E-state index contributed by atoms with van der Waals surface area (Å²) in [6, 6.07) is 9.57. The van der Waals surface area contributed by atoms with E-state index in [-0.39, 0.29) is 61.7 Å². The summed E-state index contributed by atoms with van der Waals surface area (Å²) in [6.07, 6.45) is -0.217. The van der Waals surface area contributed by atoms with Crippen LogP contribution in [0.4, 0.5) is 0 Å². The van der Waals surface area contributed by atoms with E-state index < -0.39 is 49.2 Å². The molecule has 9 nitrogen and oxygen atoms in total. The van der Waals surface area contributed by atoms with E-state index in [2.05, 4.69) is 41.5 Å². The van der Waals surface area contributed by atoms with E-state index in [1.165, 1.54) is 20.3 Å². The first-order chi connectivity index (χ1) is 20.4. The third-order valence-electron chi connectivity index (χ3n) is 9.83. The van der Waals surface area contributed by atoms with Gasteiger partial charge in [0.1, 0.15) is 36.5 Å². The normalized spacial score (nSPS) is 29.4. The lowest BCUT2D eigenvalue weighted by atomic mass is 9.64. The molecule has 2 aliphatic carbocycles. The lowest BCUT2D eigenvalue weighted by Gasteiger charge is -2.51. The first-order valence-electron chi connectivity index (χ1n) is 15.3. The minimum atomic E-state index is -2.42. The maximum atomic E-state index is 14.2. The minimum absolute atomic E-state index is 0.0330. The topological polar surface area (TPSA) is 107 Å². The molecule has 1 saturated carbocycles. The van der Waals surface area contributed by atoms with E-state index in [9.17, 15) is 14.4 Å². The molecule has 0 amide bonds. The molecule has 2 bridgehead atoms. The number of fused-ring (bicyclic) bond motifs is 3. The monoisotopic (exact) mass is 616 g/mol. The summed E-state index contributed by atoms with van der Waals surface area (Å²) >= 11 is 0. The SMILES string of the molecule is COCO[C@@H]1CC(=O)[C@@H]2C[C@@](CO[Si](C(C)C)(C(C)C)C(C)C)(OC(=O)C23CC(OCc2ccccc2)=CC3=O)[C@@H]1OC. The Balaban J connectivity index is 1.71. The van der Waals surface area contributed by atoms with Crippen molar-refractivity contribution in [2.75, 3.05) is 27.6 Å². The number of carbonyl (C=O) groups is 3. The average Bonchev–Trinajstić information content (AvgIpc) is 3.24. The number of methoxy groups -OCH3 is 2. The molecule has 0 aromatic heterocycles. The average molecular weight is 617 g/mol. The van der Waals surface area contributed by atoms with Crippen LogP contribution in [-0.4, -0.2) is 71.3 Å². The van der Waals surface area contributed by atoms with Gasteiger partial charge in [-0.3, -0.25) is 14.4 Å². The molecule has 0 N–H and O–H groups in total. The van der Waals surface area contributed by atoms with E-state index in [0.29, 0.717) is 5.76 Å². The maximum absolute atomic E-state index is 14.2. The summed E-state index contributed by atoms with van der Waals surface area (Å²) in [5, 5.41) is 0. The molecule has 2 fully saturated rings. The number of esters is 1. The second kappa shape index (κ2) is 13.3. The Morgan fingerprint density at radius 1 is 0.977 bits per heavy atom. The molecule has 1 aromatic carbocycles. The first-order valence-corrected chi connectivity index (χ1v) is 17.5. The molecule has 1 heterocycles. The van der Waals surface area contributed by atoms with E-state index in [0.717, 1.165) is 5.56 Å². The van der Waals surface area contributed by atoms with Crippen molar-refractivity contribution in [3.05, 3.63) is 47.7 Å². The zero-order valence-electron chi connectivity index (χ0n) is 26.8. The molecule has 5 atom stereocenters. The Bertz CT molecular complexity index is 1170. The Morgan fingerprint density at radius 3 is 2.21 bits per heavy atom. The number of allylic oxidation sites excluding steroid dienone is 2. The predicted molar refractivity (Wildman–Crippen MR) is 162 cm³/mol. The summed E-state index contributed by atoms with van der Waals surface area (Å²) in [4.78, 5) is 42.0. The highest BCUT2D eigenvalue weighted by Crippen LogP contribution is 2.55. The summed E-state index contributed by atoms with van der Waals surface area (Å²) in [6.45, 7) is 13.3. The largest absolute Gasteiger partial charge is 0.493 e. The van der Waals surface area contributed by atoms with Gasteiger partial charge >= 0.3 is 5.97 Å². The van der Waals surface area contributed by atoms with Gasteiger partial charge in [-0.2, -0.15) is 0 Å². The van der Waals surface area contributed by atoms with E-state index in [1.54, 1.807) is 0 Å². The predicted octanol–water partition coefficient (Wildman–Crippen LogP) is 5.52. The number of Topliss-reactive ketones (excluding diaryl/α,β-unsaturated/α-hetero) is 1. The highest BCUT2D eigenvalue weighted by molar-refractivity contribution is 6.77. The lowest BCUT2D eigenvalue weighted by molar-refractivity contribution is -0.232. The minimum Gasteiger partial charge on any atom is -0.493 e. The third kappa shape index (κ3) is 6.01. The number of hydrogen-bond donors (Lipinski definition) is 0. The number of rotatable bonds is 13. The van der Waals surface area contributed by atoms with Gasteiger partial charge in [-0.15, -0.1) is 0 Å². The highest BCUT2D eigenvalue weighted by atomic mass is 28.4. The van der Waals surface area contributed by atoms with Crippen LogP contribution in [-0.2, 0) is 49.1 Å². The molecule has 1 saturated heterocycles. The molecule has 238 valence electrons. The quantitative estimate of drug-likeness (QED) is 0.123. The first kappa shape index (κ1) is 33.5. The van der Waals surface area contributed by atoms with Crippen LogP contribution in [0, 0.1) is 11.3 Å². The van der Waals surface area contributed by atoms with E-state index in [4.69, 9.17) is 28.1 Å². The summed E-state index contributed by atoms with van der Waals surface area (Å²) < 4.78 is 36.5. The Labute approximate surface area is 256 Å². The Hall–Kier alpha value is -2.37. The summed E-state index contributed by atoms with van der Waals surface area (Å²) in [5.74, 6) is -2.02. The number of hydrogen-bond acceptors (Lipinski definition) is 9. The number of benzene rings is 1. The standard InChI is InChI=1S/C33H48O9Si/c1-21(2)43(22(3)4,23(5)6)41-19-32-17-26(27(34)15-28(30(32)38-8)40-20-37-7)33(31(36)42-32)16-25(14-29(33)35)39-18-24-12-10-9-11-13-24/h9-14,21-23,26,28,30H,15-20H2,1-8H3/t26-,28+,30+,32-,33?/m0/s1. The Morgan fingerprint density at radius 2 is 1.63 bits per heavy atom. The molecule has 1 unspecified atom stereocenters. The molecule has 1 aliphatic heterocycles. The molecular weight excluding hydrogens is 568 g/mol. The van der Waals surface area contributed by atoms with Crippen LogP contribution in [0.5, 0.6) is 0 Å². The van der Waals surface area contributed by atoms with Crippen LogP contribution < -0.4 is 0 Å². The van der Waals surface area contributed by atoms with Gasteiger partial charge in [-0.25, -0.2) is 0 Å². The zero-order chi connectivity index (χ0) is 31.6. The second-order valence-corrected chi connectivity index (χ2v) is 18.6. The van der Waals surface area contributed by atoms with Gasteiger partial charge in [0.25, 0.3) is 0 Å². The van der Waals surface area contributed by atoms with Crippen molar-refractivity contribution in [2.24, 2.45) is 11.3 Å². The van der Waals surface area contributed by atoms with Gasteiger partial charge in [-0.1, -0.05) is 71.9 Å². The van der Waals surface area contributed by atoms with Crippen LogP contribution in [0.25, 0.3) is 0 Å². The van der Waals surface area contributed by atoms with Gasteiger partial charge in [-0.05, 0) is 22.2 Å². The molecule has 1 aromatic rings. The molecule has 4 rings (SSSR count). The van der Waals surface area contributed by atoms with Crippen molar-refractivity contribution in [3.63, 3.8) is 0 Å². The number of ketones is 2. The summed E-state index contributed by atoms with van der Waals surface area (Å²) in [7, 11) is 0.603. The second-order valence-electron chi connectivity index (χ2n) is 13.2. The van der Waals surface area contributed by atoms with Crippen LogP contribution in [0.1, 0.15) is 66.4 Å². The molecule has 10 heteroatoms. The Kier molecular flexibility index (Phi) is 10.4. The summed E-state index contributed by atoms with van der Waals surface area (Å²) in [5.41, 5.74) is -1.25. The van der Waals surface area contributed by atoms with Crippen LogP contribution in [0.3, 0.4) is 0 Å². The molecular formula is C33H48O9Si. The molecule has 1 spiro atoms. The molecule has 43 heavy (non-hydrogen) atoms. The lowest BCUT2D eigenvalue weighted by Crippen LogP contribution is -2.65. The van der Waals surface area contributed by atoms with Gasteiger partial charge in [0.2, 0.25) is 8.32 Å². The van der Waals surface area contributed by atoms with Crippen molar-refractivity contribution < 1.29 is 42.5 Å². The van der Waals surface area contributed by atoms with Gasteiger partial charge in [0.15, 0.2) is 11.4 Å². The van der Waals surface area contributed by atoms with Crippen molar-refractivity contribution >= 4 is 25.9 Å². The maximum Gasteiger partial charge on any atom is 0.321 e.